The molecule has 1 aromatic heterocycles. The average Bonchev–Trinajstić information content (AvgIpc) is 2.45. The molecule has 1 aliphatic rings. The smallest absolute Gasteiger partial charge is 0.258 e. The molecule has 2 rings (SSSR count). The highest BCUT2D eigenvalue weighted by Gasteiger charge is 2.36. The molecule has 7 heteroatoms. The largest absolute Gasteiger partial charge is 0.494 e. The van der Waals surface area contributed by atoms with Gasteiger partial charge in [-0.1, -0.05) is 6.92 Å². The molecule has 2 heterocycles. The lowest BCUT2D eigenvalue weighted by Gasteiger charge is -2.33. The first kappa shape index (κ1) is 14.0. The van der Waals surface area contributed by atoms with Gasteiger partial charge in [0.25, 0.3) is 5.91 Å². The van der Waals surface area contributed by atoms with E-state index in [4.69, 9.17) is 4.74 Å². The Labute approximate surface area is 115 Å². The van der Waals surface area contributed by atoms with Crippen molar-refractivity contribution in [1.29, 1.82) is 0 Å². The fourth-order valence-electron chi connectivity index (χ4n) is 2.16. The van der Waals surface area contributed by atoms with E-state index >= 15 is 0 Å². The van der Waals surface area contributed by atoms with Crippen LogP contribution in [0.25, 0.3) is 0 Å². The third-order valence-corrected chi connectivity index (χ3v) is 3.14. The van der Waals surface area contributed by atoms with Crippen LogP contribution in [0.2, 0.25) is 0 Å². The van der Waals surface area contributed by atoms with Crippen molar-refractivity contribution in [2.24, 2.45) is 0 Å². The maximum atomic E-state index is 12.5. The average molecular weight is 277 g/mol. The Morgan fingerprint density at radius 1 is 1.55 bits per heavy atom. The quantitative estimate of drug-likeness (QED) is 0.784. The summed E-state index contributed by atoms with van der Waals surface area (Å²) in [6, 6.07) is 0.850. The molecule has 0 saturated carbocycles. The summed E-state index contributed by atoms with van der Waals surface area (Å²) in [5, 5.41) is 2.23. The Bertz CT molecular complexity index is 558. The SMILES string of the molecule is CCC1C(=O)NC(=O)CN1C(=O)c1ccncc1OC. The van der Waals surface area contributed by atoms with Crippen molar-refractivity contribution in [1.82, 2.24) is 15.2 Å². The second kappa shape index (κ2) is 5.68. The van der Waals surface area contributed by atoms with Crippen LogP contribution < -0.4 is 10.1 Å². The first-order valence-corrected chi connectivity index (χ1v) is 6.21. The molecule has 0 spiro atoms. The van der Waals surface area contributed by atoms with Crippen LogP contribution in [0.15, 0.2) is 18.5 Å². The fraction of sp³-hybridized carbons (Fsp3) is 0.385. The van der Waals surface area contributed by atoms with Gasteiger partial charge in [0, 0.05) is 6.20 Å². The highest BCUT2D eigenvalue weighted by Crippen LogP contribution is 2.21. The number of carbonyl (C=O) groups is 3. The van der Waals surface area contributed by atoms with E-state index in [1.165, 1.54) is 30.5 Å². The molecule has 0 aliphatic carbocycles. The van der Waals surface area contributed by atoms with E-state index in [0.717, 1.165) is 0 Å². The van der Waals surface area contributed by atoms with Crippen LogP contribution in [0, 0.1) is 0 Å². The molecule has 106 valence electrons. The summed E-state index contributed by atoms with van der Waals surface area (Å²) in [6.07, 6.45) is 3.31. The van der Waals surface area contributed by atoms with Gasteiger partial charge in [0.1, 0.15) is 18.3 Å². The molecule has 1 N–H and O–H groups in total. The number of rotatable bonds is 3. The molecule has 1 unspecified atom stereocenters. The number of amides is 3. The van der Waals surface area contributed by atoms with Crippen LogP contribution in [0.3, 0.4) is 0 Å². The predicted octanol–water partition coefficient (Wildman–Crippen LogP) is -0.0326. The summed E-state index contributed by atoms with van der Waals surface area (Å²) < 4.78 is 5.08. The molecule has 7 nitrogen and oxygen atoms in total. The van der Waals surface area contributed by atoms with Gasteiger partial charge in [0.05, 0.1) is 18.9 Å². The minimum Gasteiger partial charge on any atom is -0.494 e. The Balaban J connectivity index is 2.35. The summed E-state index contributed by atoms with van der Waals surface area (Å²) in [5.74, 6) is -1.05. The maximum absolute atomic E-state index is 12.5. The highest BCUT2D eigenvalue weighted by molar-refractivity contribution is 6.07. The van der Waals surface area contributed by atoms with Gasteiger partial charge in [-0.3, -0.25) is 24.7 Å². The molecule has 1 atom stereocenters. The number of pyridine rings is 1. The van der Waals surface area contributed by atoms with Crippen molar-refractivity contribution in [3.63, 3.8) is 0 Å². The van der Waals surface area contributed by atoms with Crippen molar-refractivity contribution in [2.75, 3.05) is 13.7 Å². The second-order valence-corrected chi connectivity index (χ2v) is 4.35. The molecule has 1 saturated heterocycles. The van der Waals surface area contributed by atoms with Crippen molar-refractivity contribution < 1.29 is 19.1 Å². The molecule has 0 aromatic carbocycles. The molecule has 0 bridgehead atoms. The van der Waals surface area contributed by atoms with Crippen LogP contribution in [0.4, 0.5) is 0 Å². The molecule has 1 fully saturated rings. The van der Waals surface area contributed by atoms with Crippen LogP contribution in [-0.2, 0) is 9.59 Å². The first-order chi connectivity index (χ1) is 9.58. The number of hydrogen-bond donors (Lipinski definition) is 1. The van der Waals surface area contributed by atoms with Crippen molar-refractivity contribution in [3.8, 4) is 5.75 Å². The van der Waals surface area contributed by atoms with Gasteiger partial charge < -0.3 is 9.64 Å². The molecule has 1 aliphatic heterocycles. The molecule has 1 aromatic rings. The third kappa shape index (κ3) is 2.47. The lowest BCUT2D eigenvalue weighted by molar-refractivity contribution is -0.138. The second-order valence-electron chi connectivity index (χ2n) is 4.35. The summed E-state index contributed by atoms with van der Waals surface area (Å²) >= 11 is 0. The van der Waals surface area contributed by atoms with Crippen molar-refractivity contribution in [3.05, 3.63) is 24.0 Å². The number of methoxy groups -OCH3 is 1. The lowest BCUT2D eigenvalue weighted by Crippen LogP contribution is -2.59. The Morgan fingerprint density at radius 2 is 2.30 bits per heavy atom. The Hall–Kier alpha value is -2.44. The van der Waals surface area contributed by atoms with Crippen molar-refractivity contribution in [2.45, 2.75) is 19.4 Å². The number of hydrogen-bond acceptors (Lipinski definition) is 5. The maximum Gasteiger partial charge on any atom is 0.258 e. The zero-order valence-corrected chi connectivity index (χ0v) is 11.3. The van der Waals surface area contributed by atoms with Gasteiger partial charge in [-0.05, 0) is 12.5 Å². The van der Waals surface area contributed by atoms with Gasteiger partial charge >= 0.3 is 0 Å². The highest BCUT2D eigenvalue weighted by atomic mass is 16.5. The summed E-state index contributed by atoms with van der Waals surface area (Å²) in [6.45, 7) is 1.64. The Morgan fingerprint density at radius 3 is 2.95 bits per heavy atom. The van der Waals surface area contributed by atoms with Crippen LogP contribution >= 0.6 is 0 Å². The first-order valence-electron chi connectivity index (χ1n) is 6.21. The van der Waals surface area contributed by atoms with Crippen molar-refractivity contribution >= 4 is 17.7 Å². The summed E-state index contributed by atoms with van der Waals surface area (Å²) in [7, 11) is 1.43. The fourth-order valence-corrected chi connectivity index (χ4v) is 2.16. The van der Waals surface area contributed by atoms with E-state index < -0.39 is 23.8 Å². The minimum atomic E-state index is -0.655. The number of nitrogens with one attached hydrogen (secondary N) is 1. The van der Waals surface area contributed by atoms with E-state index in [9.17, 15) is 14.4 Å². The molecule has 20 heavy (non-hydrogen) atoms. The molecular weight excluding hydrogens is 262 g/mol. The van der Waals surface area contributed by atoms with Gasteiger partial charge in [-0.2, -0.15) is 0 Å². The van der Waals surface area contributed by atoms with E-state index in [2.05, 4.69) is 10.3 Å². The van der Waals surface area contributed by atoms with E-state index in [1.54, 1.807) is 6.92 Å². The number of piperazine rings is 1. The number of carbonyl (C=O) groups excluding carboxylic acids is 3. The Kier molecular flexibility index (Phi) is 3.97. The summed E-state index contributed by atoms with van der Waals surface area (Å²) in [5.41, 5.74) is 0.281. The van der Waals surface area contributed by atoms with Gasteiger partial charge in [0.2, 0.25) is 11.8 Å². The van der Waals surface area contributed by atoms with Gasteiger partial charge in [-0.15, -0.1) is 0 Å². The van der Waals surface area contributed by atoms with E-state index in [-0.39, 0.29) is 12.1 Å². The zero-order chi connectivity index (χ0) is 14.7. The standard InChI is InChI=1S/C13H15N3O4/c1-3-9-12(18)15-11(17)7-16(9)13(19)8-4-5-14-6-10(8)20-2/h4-6,9H,3,7H2,1-2H3,(H,15,17,18). The van der Waals surface area contributed by atoms with E-state index in [1.807, 2.05) is 0 Å². The topological polar surface area (TPSA) is 88.6 Å². The normalized spacial score (nSPS) is 18.7. The number of nitrogens with zero attached hydrogens (tertiary/aromatic N) is 2. The number of imide groups is 1. The van der Waals surface area contributed by atoms with Gasteiger partial charge in [-0.25, -0.2) is 0 Å². The predicted molar refractivity (Wildman–Crippen MR) is 69.1 cm³/mol. The number of aromatic nitrogens is 1. The van der Waals surface area contributed by atoms with Crippen LogP contribution in [0.5, 0.6) is 5.75 Å². The molecule has 0 radical (unpaired) electrons. The van der Waals surface area contributed by atoms with Crippen LogP contribution in [-0.4, -0.2) is 47.3 Å². The zero-order valence-electron chi connectivity index (χ0n) is 11.3. The molecule has 3 amide bonds. The minimum absolute atomic E-state index is 0.144. The summed E-state index contributed by atoms with van der Waals surface area (Å²) in [4.78, 5) is 40.9. The van der Waals surface area contributed by atoms with Gasteiger partial charge in [0.15, 0.2) is 0 Å². The lowest BCUT2D eigenvalue weighted by atomic mass is 10.1. The van der Waals surface area contributed by atoms with Crippen LogP contribution in [0.1, 0.15) is 23.7 Å². The molecular formula is C13H15N3O4. The number of ether oxygens (including phenoxy) is 1. The monoisotopic (exact) mass is 277 g/mol. The van der Waals surface area contributed by atoms with E-state index in [0.29, 0.717) is 12.2 Å². The third-order valence-electron chi connectivity index (χ3n) is 3.14.